The lowest BCUT2D eigenvalue weighted by Gasteiger charge is -2.41. The average Bonchev–Trinajstić information content (AvgIpc) is 3.00. The number of esters is 1. The van der Waals surface area contributed by atoms with Crippen LogP contribution in [-0.4, -0.2) is 60.6 Å². The van der Waals surface area contributed by atoms with Gasteiger partial charge in [-0.2, -0.15) is 0 Å². The molecule has 0 radical (unpaired) electrons. The summed E-state index contributed by atoms with van der Waals surface area (Å²) in [6.07, 6.45) is -4.06. The van der Waals surface area contributed by atoms with Gasteiger partial charge in [0.2, 0.25) is 0 Å². The Morgan fingerprint density at radius 1 is 0.867 bits per heavy atom. The number of carbonyl (C=O) groups excluding carboxylic acids is 3. The third kappa shape index (κ3) is 9.45. The number of aliphatic hydroxyl groups excluding tert-OH is 2. The third-order valence-electron chi connectivity index (χ3n) is 9.28. The van der Waals surface area contributed by atoms with E-state index in [0.717, 1.165) is 0 Å². The average molecular weight is 640 g/mol. The number of ketones is 1. The van der Waals surface area contributed by atoms with Gasteiger partial charge in [-0.15, -0.1) is 0 Å². The van der Waals surface area contributed by atoms with Crippen molar-refractivity contribution in [1.82, 2.24) is 5.32 Å². The molecule has 1 unspecified atom stereocenters. The topological polar surface area (TPSA) is 122 Å². The van der Waals surface area contributed by atoms with Gasteiger partial charge in [0, 0.05) is 5.56 Å². The molecule has 0 saturated heterocycles. The van der Waals surface area contributed by atoms with Crippen molar-refractivity contribution in [3.05, 3.63) is 82.9 Å². The second-order valence-electron chi connectivity index (χ2n) is 13.9. The first kappa shape index (κ1) is 38.1. The van der Waals surface area contributed by atoms with E-state index in [4.69, 9.17) is 9.16 Å². The summed E-state index contributed by atoms with van der Waals surface area (Å²) in [6.45, 7) is 20.2. The van der Waals surface area contributed by atoms with Crippen LogP contribution in [0.3, 0.4) is 0 Å². The highest BCUT2D eigenvalue weighted by molar-refractivity contribution is 6.74. The van der Waals surface area contributed by atoms with E-state index in [-0.39, 0.29) is 10.9 Å². The Hall–Kier alpha value is -3.11. The van der Waals surface area contributed by atoms with E-state index in [1.165, 1.54) is 0 Å². The fourth-order valence-electron chi connectivity index (χ4n) is 4.64. The minimum atomic E-state index is -2.60. The molecule has 0 bridgehead atoms. The zero-order chi connectivity index (χ0) is 34.3. The van der Waals surface area contributed by atoms with Crippen LogP contribution in [0, 0.1) is 5.41 Å². The van der Waals surface area contributed by atoms with Crippen LogP contribution in [0.5, 0.6) is 0 Å². The van der Waals surface area contributed by atoms with Gasteiger partial charge in [0.15, 0.2) is 20.2 Å². The second kappa shape index (κ2) is 15.5. The summed E-state index contributed by atoms with van der Waals surface area (Å²) in [5, 5.41) is 24.2. The summed E-state index contributed by atoms with van der Waals surface area (Å²) in [4.78, 5) is 40.8. The predicted molar refractivity (Wildman–Crippen MR) is 180 cm³/mol. The number of rotatable bonds is 14. The molecule has 0 aliphatic rings. The molecule has 0 aliphatic heterocycles. The van der Waals surface area contributed by atoms with Gasteiger partial charge in [-0.05, 0) is 74.2 Å². The molecule has 3 N–H and O–H groups in total. The van der Waals surface area contributed by atoms with Crippen LogP contribution in [0.1, 0.15) is 90.7 Å². The standard InChI is InChI=1S/C36H53NO7Si/c1-12-28(38)36(8,9)32(40)30(39)24(3)23(2)25(4)43-34(42)31(44-45(10,11)35(5,6)7)29(26-19-15-13-16-20-26)37-33(41)27-21-17-14-18-22-27/h13-22,25,28-31,38-39H,12H2,1-11H3,(H,37,41)/b24-23+/t25?,28-,29-,30+,31+/m0/s1. The summed E-state index contributed by atoms with van der Waals surface area (Å²) in [5.41, 5.74) is 0.793. The number of hydrogen-bond donors (Lipinski definition) is 3. The van der Waals surface area contributed by atoms with E-state index in [9.17, 15) is 24.6 Å². The molecular formula is C36H53NO7Si. The van der Waals surface area contributed by atoms with Crippen molar-refractivity contribution in [1.29, 1.82) is 0 Å². The van der Waals surface area contributed by atoms with Crippen LogP contribution in [0.4, 0.5) is 0 Å². The Labute approximate surface area is 270 Å². The second-order valence-corrected chi connectivity index (χ2v) is 18.6. The minimum Gasteiger partial charge on any atom is -0.456 e. The number of carbonyl (C=O) groups is 3. The van der Waals surface area contributed by atoms with Crippen molar-refractivity contribution in [3.8, 4) is 0 Å². The van der Waals surface area contributed by atoms with Gasteiger partial charge in [-0.25, -0.2) is 4.79 Å². The molecule has 45 heavy (non-hydrogen) atoms. The first-order valence-electron chi connectivity index (χ1n) is 15.6. The number of amides is 1. The van der Waals surface area contributed by atoms with Gasteiger partial charge in [0.25, 0.3) is 5.91 Å². The lowest BCUT2D eigenvalue weighted by atomic mass is 9.77. The summed E-state index contributed by atoms with van der Waals surface area (Å²) in [7, 11) is -2.60. The molecule has 1 amide bonds. The van der Waals surface area contributed by atoms with Crippen LogP contribution >= 0.6 is 0 Å². The molecule has 2 rings (SSSR count). The van der Waals surface area contributed by atoms with Crippen molar-refractivity contribution < 1.29 is 33.8 Å². The largest absolute Gasteiger partial charge is 0.456 e. The van der Waals surface area contributed by atoms with E-state index in [1.54, 1.807) is 65.8 Å². The normalized spacial score (nSPS) is 16.5. The summed E-state index contributed by atoms with van der Waals surface area (Å²) < 4.78 is 12.7. The predicted octanol–water partition coefficient (Wildman–Crippen LogP) is 6.54. The Balaban J connectivity index is 2.52. The van der Waals surface area contributed by atoms with Gasteiger partial charge in [-0.1, -0.05) is 90.1 Å². The zero-order valence-electron chi connectivity index (χ0n) is 28.8. The Morgan fingerprint density at radius 2 is 1.38 bits per heavy atom. The van der Waals surface area contributed by atoms with E-state index >= 15 is 0 Å². The molecule has 0 saturated carbocycles. The van der Waals surface area contributed by atoms with Gasteiger partial charge in [0.05, 0.1) is 17.6 Å². The summed E-state index contributed by atoms with van der Waals surface area (Å²) in [6, 6.07) is 17.1. The fourth-order valence-corrected chi connectivity index (χ4v) is 5.86. The lowest BCUT2D eigenvalue weighted by molar-refractivity contribution is -0.157. The number of ether oxygens (including phenoxy) is 1. The SMILES string of the molecule is CC[C@H](O)C(C)(C)C(=O)[C@H](O)/C(C)=C(\C)C(C)OC(=O)[C@H](O[Si](C)(C)C(C)(C)C)[C@@H](NC(=O)c1ccccc1)c1ccccc1. The molecule has 0 aromatic heterocycles. The Morgan fingerprint density at radius 3 is 1.87 bits per heavy atom. The molecule has 9 heteroatoms. The summed E-state index contributed by atoms with van der Waals surface area (Å²) >= 11 is 0. The van der Waals surface area contributed by atoms with Gasteiger partial charge >= 0.3 is 5.97 Å². The molecule has 8 nitrogen and oxygen atoms in total. The highest BCUT2D eigenvalue weighted by Gasteiger charge is 2.45. The Bertz CT molecular complexity index is 1330. The van der Waals surface area contributed by atoms with Crippen LogP contribution in [0.25, 0.3) is 0 Å². The number of aliphatic hydroxyl groups is 2. The molecule has 248 valence electrons. The van der Waals surface area contributed by atoms with Crippen molar-refractivity contribution in [2.75, 3.05) is 0 Å². The third-order valence-corrected chi connectivity index (χ3v) is 13.7. The monoisotopic (exact) mass is 639 g/mol. The van der Waals surface area contributed by atoms with Crippen LogP contribution in [0.2, 0.25) is 18.1 Å². The number of benzene rings is 2. The fraction of sp³-hybridized carbons (Fsp3) is 0.528. The zero-order valence-corrected chi connectivity index (χ0v) is 29.8. The Kier molecular flexibility index (Phi) is 13.1. The molecule has 0 heterocycles. The maximum absolute atomic E-state index is 14.1. The van der Waals surface area contributed by atoms with Gasteiger partial charge < -0.3 is 24.7 Å². The van der Waals surface area contributed by atoms with Crippen LogP contribution in [0.15, 0.2) is 71.8 Å². The van der Waals surface area contributed by atoms with Crippen LogP contribution in [-0.2, 0) is 18.8 Å². The van der Waals surface area contributed by atoms with E-state index in [0.29, 0.717) is 28.7 Å². The van der Waals surface area contributed by atoms with E-state index < -0.39 is 55.9 Å². The molecule has 0 spiro atoms. The molecule has 2 aromatic carbocycles. The van der Waals surface area contributed by atoms with Crippen molar-refractivity contribution in [2.45, 2.75) is 117 Å². The molecule has 2 aromatic rings. The lowest BCUT2D eigenvalue weighted by Crippen LogP contribution is -2.52. The number of hydrogen-bond acceptors (Lipinski definition) is 7. The maximum Gasteiger partial charge on any atom is 0.337 e. The first-order valence-corrected chi connectivity index (χ1v) is 18.5. The molecular weight excluding hydrogens is 586 g/mol. The summed E-state index contributed by atoms with van der Waals surface area (Å²) in [5.74, 6) is -1.55. The quantitative estimate of drug-likeness (QED) is 0.122. The highest BCUT2D eigenvalue weighted by Crippen LogP contribution is 2.39. The van der Waals surface area contributed by atoms with Crippen molar-refractivity contribution >= 4 is 26.0 Å². The van der Waals surface area contributed by atoms with Crippen molar-refractivity contribution in [2.24, 2.45) is 5.41 Å². The van der Waals surface area contributed by atoms with Gasteiger partial charge in [0.1, 0.15) is 12.2 Å². The smallest absolute Gasteiger partial charge is 0.337 e. The van der Waals surface area contributed by atoms with E-state index in [1.807, 2.05) is 49.5 Å². The molecule has 0 fully saturated rings. The molecule has 5 atom stereocenters. The van der Waals surface area contributed by atoms with Crippen LogP contribution < -0.4 is 5.32 Å². The maximum atomic E-state index is 14.1. The minimum absolute atomic E-state index is 0.255. The number of Topliss-reactive ketones (excluding diaryl/α,β-unsaturated/α-hetero) is 1. The van der Waals surface area contributed by atoms with Crippen molar-refractivity contribution in [3.63, 3.8) is 0 Å². The molecule has 0 aliphatic carbocycles. The van der Waals surface area contributed by atoms with Gasteiger partial charge in [-0.3, -0.25) is 9.59 Å². The number of nitrogens with one attached hydrogen (secondary N) is 1. The first-order chi connectivity index (χ1) is 20.8. The van der Waals surface area contributed by atoms with E-state index in [2.05, 4.69) is 26.1 Å². The highest BCUT2D eigenvalue weighted by atomic mass is 28.4.